The van der Waals surface area contributed by atoms with Crippen LogP contribution in [0.3, 0.4) is 0 Å². The lowest BCUT2D eigenvalue weighted by atomic mass is 10.2. The van der Waals surface area contributed by atoms with Crippen molar-refractivity contribution in [1.29, 1.82) is 0 Å². The van der Waals surface area contributed by atoms with Crippen LogP contribution in [0, 0.1) is 5.92 Å². The van der Waals surface area contributed by atoms with Crippen molar-refractivity contribution in [2.75, 3.05) is 20.3 Å². The van der Waals surface area contributed by atoms with Crippen molar-refractivity contribution in [2.45, 2.75) is 20.3 Å². The molecule has 152 valence electrons. The molecule has 3 rings (SSSR count). The van der Waals surface area contributed by atoms with Crippen LogP contribution in [-0.2, 0) is 11.2 Å². The molecule has 0 aliphatic heterocycles. The number of rotatable bonds is 9. The lowest BCUT2D eigenvalue weighted by Crippen LogP contribution is -2.23. The first-order chi connectivity index (χ1) is 14.0. The van der Waals surface area contributed by atoms with Crippen molar-refractivity contribution >= 4 is 23.0 Å². The minimum atomic E-state index is -0.153. The zero-order chi connectivity index (χ0) is 20.6. The molecule has 0 spiro atoms. The van der Waals surface area contributed by atoms with Crippen molar-refractivity contribution in [3.8, 4) is 11.5 Å². The Balaban J connectivity index is 1.51. The third kappa shape index (κ3) is 5.85. The molecule has 2 N–H and O–H groups in total. The summed E-state index contributed by atoms with van der Waals surface area (Å²) in [4.78, 5) is 19.9. The van der Waals surface area contributed by atoms with Crippen LogP contribution in [-0.4, -0.2) is 36.1 Å². The Bertz CT molecular complexity index is 959. The van der Waals surface area contributed by atoms with Gasteiger partial charge in [0.1, 0.15) is 5.82 Å². The Morgan fingerprint density at radius 2 is 2.03 bits per heavy atom. The van der Waals surface area contributed by atoms with Crippen molar-refractivity contribution < 1.29 is 14.3 Å². The average molecular weight is 393 g/mol. The molecule has 0 aliphatic carbocycles. The summed E-state index contributed by atoms with van der Waals surface area (Å²) in [6.45, 7) is 5.32. The standard InChI is InChI=1S/C23H27N3O3/c1-16(2)15-29-20-10-8-17(14-21(20)28-3)9-11-23(27)24-13-12-22-25-18-6-4-5-7-19(18)26-22/h4-11,14,16H,12-13,15H2,1-3H3,(H,24,27)(H,25,26)/b11-9+. The number of imidazole rings is 1. The molecule has 0 aliphatic rings. The number of ether oxygens (including phenoxy) is 2. The number of aromatic amines is 1. The molecule has 1 amide bonds. The Labute approximate surface area is 170 Å². The number of nitrogens with zero attached hydrogens (tertiary/aromatic N) is 1. The molecule has 0 bridgehead atoms. The van der Waals surface area contributed by atoms with Crippen LogP contribution in [0.1, 0.15) is 25.2 Å². The lowest BCUT2D eigenvalue weighted by molar-refractivity contribution is -0.116. The monoisotopic (exact) mass is 393 g/mol. The number of benzene rings is 2. The molecule has 6 heteroatoms. The van der Waals surface area contributed by atoms with E-state index in [2.05, 4.69) is 29.1 Å². The zero-order valence-corrected chi connectivity index (χ0v) is 17.1. The largest absolute Gasteiger partial charge is 0.493 e. The van der Waals surface area contributed by atoms with Crippen LogP contribution in [0.2, 0.25) is 0 Å². The summed E-state index contributed by atoms with van der Waals surface area (Å²) >= 11 is 0. The summed E-state index contributed by atoms with van der Waals surface area (Å²) in [5.41, 5.74) is 2.80. The van der Waals surface area contributed by atoms with E-state index >= 15 is 0 Å². The molecule has 0 fully saturated rings. The normalized spacial score (nSPS) is 11.3. The van der Waals surface area contributed by atoms with E-state index in [-0.39, 0.29) is 5.91 Å². The fraction of sp³-hybridized carbons (Fsp3) is 0.304. The number of carbonyl (C=O) groups is 1. The smallest absolute Gasteiger partial charge is 0.244 e. The van der Waals surface area contributed by atoms with Gasteiger partial charge < -0.3 is 19.8 Å². The van der Waals surface area contributed by atoms with Crippen LogP contribution in [0.15, 0.2) is 48.5 Å². The second-order valence-corrected chi connectivity index (χ2v) is 7.19. The van der Waals surface area contributed by atoms with E-state index < -0.39 is 0 Å². The number of fused-ring (bicyclic) bond motifs is 1. The number of hydrogen-bond donors (Lipinski definition) is 2. The van der Waals surface area contributed by atoms with Gasteiger partial charge in [-0.15, -0.1) is 0 Å². The van der Waals surface area contributed by atoms with E-state index in [0.717, 1.165) is 22.4 Å². The second kappa shape index (κ2) is 9.78. The van der Waals surface area contributed by atoms with Gasteiger partial charge in [-0.25, -0.2) is 4.98 Å². The molecule has 0 saturated carbocycles. The van der Waals surface area contributed by atoms with Gasteiger partial charge in [0, 0.05) is 19.0 Å². The molecule has 0 unspecified atom stereocenters. The van der Waals surface area contributed by atoms with Crippen molar-refractivity contribution in [3.63, 3.8) is 0 Å². The lowest BCUT2D eigenvalue weighted by Gasteiger charge is -2.12. The number of nitrogens with one attached hydrogen (secondary N) is 2. The molecule has 2 aromatic carbocycles. The van der Waals surface area contributed by atoms with Crippen molar-refractivity contribution in [3.05, 3.63) is 59.9 Å². The number of amides is 1. The van der Waals surface area contributed by atoms with Crippen molar-refractivity contribution in [2.24, 2.45) is 5.92 Å². The maximum atomic E-state index is 12.1. The van der Waals surface area contributed by atoms with Gasteiger partial charge in [-0.1, -0.05) is 32.0 Å². The summed E-state index contributed by atoms with van der Waals surface area (Å²) in [7, 11) is 1.61. The summed E-state index contributed by atoms with van der Waals surface area (Å²) in [6, 6.07) is 13.5. The summed E-state index contributed by atoms with van der Waals surface area (Å²) in [6.07, 6.45) is 3.91. The van der Waals surface area contributed by atoms with Gasteiger partial charge in [0.15, 0.2) is 11.5 Å². The fourth-order valence-electron chi connectivity index (χ4n) is 2.82. The molecule has 1 heterocycles. The SMILES string of the molecule is COc1cc(/C=C/C(=O)NCCc2nc3ccccc3[nH]2)ccc1OCC(C)C. The number of para-hydroxylation sites is 2. The number of methoxy groups -OCH3 is 1. The van der Waals surface area contributed by atoms with Crippen LogP contribution < -0.4 is 14.8 Å². The van der Waals surface area contributed by atoms with E-state index in [1.807, 2.05) is 42.5 Å². The number of hydrogen-bond acceptors (Lipinski definition) is 4. The van der Waals surface area contributed by atoms with Crippen LogP contribution in [0.4, 0.5) is 0 Å². The predicted molar refractivity (Wildman–Crippen MR) is 115 cm³/mol. The number of H-pyrrole nitrogens is 1. The molecule has 6 nitrogen and oxygen atoms in total. The first-order valence-electron chi connectivity index (χ1n) is 9.75. The molecule has 29 heavy (non-hydrogen) atoms. The number of carbonyl (C=O) groups excluding carboxylic acids is 1. The molecular formula is C23H27N3O3. The quantitative estimate of drug-likeness (QED) is 0.539. The minimum absolute atomic E-state index is 0.153. The van der Waals surface area contributed by atoms with Gasteiger partial charge in [-0.3, -0.25) is 4.79 Å². The predicted octanol–water partition coefficient (Wildman–Crippen LogP) is 3.98. The number of aromatic nitrogens is 2. The highest BCUT2D eigenvalue weighted by Gasteiger charge is 2.06. The Hall–Kier alpha value is -3.28. The van der Waals surface area contributed by atoms with Gasteiger partial charge in [-0.2, -0.15) is 0 Å². The fourth-order valence-corrected chi connectivity index (χ4v) is 2.82. The molecule has 0 atom stereocenters. The van der Waals surface area contributed by atoms with Crippen molar-refractivity contribution in [1.82, 2.24) is 15.3 Å². The summed E-state index contributed by atoms with van der Waals surface area (Å²) < 4.78 is 11.1. The second-order valence-electron chi connectivity index (χ2n) is 7.19. The van der Waals surface area contributed by atoms with Crippen LogP contribution in [0.25, 0.3) is 17.1 Å². The molecular weight excluding hydrogens is 366 g/mol. The van der Waals surface area contributed by atoms with E-state index in [9.17, 15) is 4.79 Å². The third-order valence-corrected chi connectivity index (χ3v) is 4.29. The molecule has 3 aromatic rings. The van der Waals surface area contributed by atoms with Gasteiger partial charge in [0.2, 0.25) is 5.91 Å². The minimum Gasteiger partial charge on any atom is -0.493 e. The Kier molecular flexibility index (Phi) is 6.89. The highest BCUT2D eigenvalue weighted by Crippen LogP contribution is 2.29. The van der Waals surface area contributed by atoms with E-state index in [4.69, 9.17) is 9.47 Å². The maximum Gasteiger partial charge on any atom is 0.244 e. The van der Waals surface area contributed by atoms with Gasteiger partial charge in [0.05, 0.1) is 24.8 Å². The van der Waals surface area contributed by atoms with E-state index in [0.29, 0.717) is 37.0 Å². The van der Waals surface area contributed by atoms with Crippen LogP contribution in [0.5, 0.6) is 11.5 Å². The maximum absolute atomic E-state index is 12.1. The average Bonchev–Trinajstić information content (AvgIpc) is 3.13. The van der Waals surface area contributed by atoms with Crippen LogP contribution >= 0.6 is 0 Å². The first kappa shape index (κ1) is 20.5. The van der Waals surface area contributed by atoms with Gasteiger partial charge >= 0.3 is 0 Å². The Morgan fingerprint density at radius 1 is 1.21 bits per heavy atom. The topological polar surface area (TPSA) is 76.2 Å². The van der Waals surface area contributed by atoms with E-state index in [1.54, 1.807) is 13.2 Å². The molecule has 1 aromatic heterocycles. The molecule has 0 radical (unpaired) electrons. The highest BCUT2D eigenvalue weighted by atomic mass is 16.5. The molecule has 0 saturated heterocycles. The summed E-state index contributed by atoms with van der Waals surface area (Å²) in [5.74, 6) is 2.49. The van der Waals surface area contributed by atoms with E-state index in [1.165, 1.54) is 6.08 Å². The Morgan fingerprint density at radius 3 is 2.79 bits per heavy atom. The highest BCUT2D eigenvalue weighted by molar-refractivity contribution is 5.91. The van der Waals surface area contributed by atoms with Gasteiger partial charge in [0.25, 0.3) is 0 Å². The third-order valence-electron chi connectivity index (χ3n) is 4.29. The first-order valence-corrected chi connectivity index (χ1v) is 9.75. The summed E-state index contributed by atoms with van der Waals surface area (Å²) in [5, 5.41) is 2.88. The van der Waals surface area contributed by atoms with Gasteiger partial charge in [-0.05, 0) is 41.8 Å². The zero-order valence-electron chi connectivity index (χ0n) is 17.1.